The van der Waals surface area contributed by atoms with Gasteiger partial charge in [-0.15, -0.1) is 0 Å². The van der Waals surface area contributed by atoms with Crippen LogP contribution >= 0.6 is 0 Å². The van der Waals surface area contributed by atoms with E-state index in [1.54, 1.807) is 29.7 Å². The SMILES string of the molecule is COc1ccc(-c2cc(CCCC(=O)NO)oc2-c2ccccc2S(N)(=O)=O)cc1F. The second-order valence-electron chi connectivity index (χ2n) is 6.73. The summed E-state index contributed by atoms with van der Waals surface area (Å²) in [6.45, 7) is 0. The van der Waals surface area contributed by atoms with Crippen molar-refractivity contribution in [3.05, 3.63) is 60.1 Å². The Morgan fingerprint density at radius 3 is 2.58 bits per heavy atom. The van der Waals surface area contributed by atoms with Crippen molar-refractivity contribution in [3.8, 4) is 28.2 Å². The number of hydrogen-bond donors (Lipinski definition) is 3. The van der Waals surface area contributed by atoms with E-state index in [2.05, 4.69) is 0 Å². The van der Waals surface area contributed by atoms with Gasteiger partial charge in [-0.05, 0) is 42.3 Å². The molecule has 0 spiro atoms. The van der Waals surface area contributed by atoms with E-state index in [-0.39, 0.29) is 28.4 Å². The maximum absolute atomic E-state index is 14.3. The van der Waals surface area contributed by atoms with Crippen molar-refractivity contribution in [2.45, 2.75) is 24.2 Å². The van der Waals surface area contributed by atoms with E-state index in [9.17, 15) is 17.6 Å². The summed E-state index contributed by atoms with van der Waals surface area (Å²) in [7, 11) is -2.70. The van der Waals surface area contributed by atoms with Gasteiger partial charge >= 0.3 is 0 Å². The summed E-state index contributed by atoms with van der Waals surface area (Å²) in [6.07, 6.45) is 0.760. The number of methoxy groups -OCH3 is 1. The predicted molar refractivity (Wildman–Crippen MR) is 110 cm³/mol. The highest BCUT2D eigenvalue weighted by Gasteiger charge is 2.22. The fourth-order valence-electron chi connectivity index (χ4n) is 3.20. The monoisotopic (exact) mass is 448 g/mol. The predicted octanol–water partition coefficient (Wildman–Crippen LogP) is 3.24. The van der Waals surface area contributed by atoms with E-state index < -0.39 is 21.7 Å². The molecule has 0 saturated carbocycles. The lowest BCUT2D eigenvalue weighted by molar-refractivity contribution is -0.129. The molecule has 164 valence electrons. The van der Waals surface area contributed by atoms with Crippen LogP contribution in [-0.2, 0) is 21.2 Å². The number of rotatable bonds is 8. The molecule has 10 heteroatoms. The maximum atomic E-state index is 14.3. The lowest BCUT2D eigenvalue weighted by atomic mass is 10.0. The average Bonchev–Trinajstić information content (AvgIpc) is 3.17. The van der Waals surface area contributed by atoms with Gasteiger partial charge in [0.15, 0.2) is 11.6 Å². The minimum absolute atomic E-state index is 0.0623. The number of sulfonamides is 1. The maximum Gasteiger partial charge on any atom is 0.243 e. The summed E-state index contributed by atoms with van der Waals surface area (Å²) in [5.41, 5.74) is 2.69. The molecule has 0 bridgehead atoms. The summed E-state index contributed by atoms with van der Waals surface area (Å²) in [4.78, 5) is 11.1. The first-order valence-electron chi connectivity index (χ1n) is 9.26. The molecule has 1 amide bonds. The molecule has 8 nitrogen and oxygen atoms in total. The topological polar surface area (TPSA) is 132 Å². The Balaban J connectivity index is 2.11. The van der Waals surface area contributed by atoms with Gasteiger partial charge in [0.25, 0.3) is 0 Å². The van der Waals surface area contributed by atoms with Crippen molar-refractivity contribution in [3.63, 3.8) is 0 Å². The standard InChI is InChI=1S/C21H21FN2O6S/c1-29-18-10-9-13(11-17(18)22)16-12-14(5-4-8-20(25)24-26)30-21(16)15-6-2-3-7-19(15)31(23,27)28/h2-3,6-7,9-12,26H,4-5,8H2,1H3,(H,24,25)(H2,23,27,28). The van der Waals surface area contributed by atoms with Gasteiger partial charge in [0.1, 0.15) is 11.5 Å². The largest absolute Gasteiger partial charge is 0.494 e. The van der Waals surface area contributed by atoms with Crippen molar-refractivity contribution >= 4 is 15.9 Å². The smallest absolute Gasteiger partial charge is 0.243 e. The molecule has 1 heterocycles. The molecule has 0 atom stereocenters. The Kier molecular flexibility index (Phi) is 6.74. The molecule has 0 aliphatic rings. The zero-order valence-electron chi connectivity index (χ0n) is 16.6. The van der Waals surface area contributed by atoms with Crippen LogP contribution in [0.2, 0.25) is 0 Å². The number of hydroxylamine groups is 1. The number of primary sulfonamides is 1. The van der Waals surface area contributed by atoms with Gasteiger partial charge < -0.3 is 9.15 Å². The van der Waals surface area contributed by atoms with Crippen LogP contribution in [-0.4, -0.2) is 26.6 Å². The molecular weight excluding hydrogens is 427 g/mol. The van der Waals surface area contributed by atoms with E-state index in [1.807, 2.05) is 0 Å². The van der Waals surface area contributed by atoms with Crippen molar-refractivity contribution < 1.29 is 32.0 Å². The van der Waals surface area contributed by atoms with E-state index in [1.165, 1.54) is 31.4 Å². The van der Waals surface area contributed by atoms with Crippen LogP contribution in [0.3, 0.4) is 0 Å². The van der Waals surface area contributed by atoms with Crippen LogP contribution in [0.4, 0.5) is 4.39 Å². The second kappa shape index (κ2) is 9.29. The Labute approximate surface area is 178 Å². The number of benzene rings is 2. The summed E-state index contributed by atoms with van der Waals surface area (Å²) in [5.74, 6) is -0.405. The highest BCUT2D eigenvalue weighted by atomic mass is 32.2. The van der Waals surface area contributed by atoms with E-state index >= 15 is 0 Å². The second-order valence-corrected chi connectivity index (χ2v) is 8.26. The molecule has 4 N–H and O–H groups in total. The number of furan rings is 1. The number of halogens is 1. The summed E-state index contributed by atoms with van der Waals surface area (Å²) in [5, 5.41) is 14.0. The zero-order valence-corrected chi connectivity index (χ0v) is 17.4. The zero-order chi connectivity index (χ0) is 22.6. The van der Waals surface area contributed by atoms with Gasteiger partial charge in [-0.25, -0.2) is 23.4 Å². The van der Waals surface area contributed by atoms with E-state index in [4.69, 9.17) is 19.5 Å². The highest BCUT2D eigenvalue weighted by molar-refractivity contribution is 7.89. The fraction of sp³-hybridized carbons (Fsp3) is 0.190. The number of amides is 1. The Bertz CT molecular complexity index is 1210. The molecule has 3 aromatic rings. The van der Waals surface area contributed by atoms with Gasteiger partial charge in [-0.1, -0.05) is 18.2 Å². The van der Waals surface area contributed by atoms with Gasteiger partial charge in [0.2, 0.25) is 15.9 Å². The lowest BCUT2D eigenvalue weighted by Crippen LogP contribution is -2.17. The van der Waals surface area contributed by atoms with Crippen LogP contribution in [0, 0.1) is 5.82 Å². The van der Waals surface area contributed by atoms with Gasteiger partial charge in [-0.3, -0.25) is 10.0 Å². The first-order chi connectivity index (χ1) is 14.7. The Morgan fingerprint density at radius 1 is 1.19 bits per heavy atom. The molecule has 0 fully saturated rings. The van der Waals surface area contributed by atoms with E-state index in [0.717, 1.165) is 0 Å². The fourth-order valence-corrected chi connectivity index (χ4v) is 3.93. The van der Waals surface area contributed by atoms with Crippen LogP contribution in [0.25, 0.3) is 22.5 Å². The highest BCUT2D eigenvalue weighted by Crippen LogP contribution is 2.39. The summed E-state index contributed by atoms with van der Waals surface area (Å²) < 4.78 is 49.4. The number of aryl methyl sites for hydroxylation is 1. The lowest BCUT2D eigenvalue weighted by Gasteiger charge is -2.09. The van der Waals surface area contributed by atoms with Crippen molar-refractivity contribution in [1.82, 2.24) is 5.48 Å². The average molecular weight is 448 g/mol. The molecule has 0 aliphatic carbocycles. The molecule has 2 aromatic carbocycles. The minimum Gasteiger partial charge on any atom is -0.494 e. The van der Waals surface area contributed by atoms with Crippen molar-refractivity contribution in [1.29, 1.82) is 0 Å². The van der Waals surface area contributed by atoms with Crippen molar-refractivity contribution in [2.75, 3.05) is 7.11 Å². The van der Waals surface area contributed by atoms with Gasteiger partial charge in [0, 0.05) is 24.0 Å². The first-order valence-corrected chi connectivity index (χ1v) is 10.8. The molecule has 31 heavy (non-hydrogen) atoms. The minimum atomic E-state index is -4.06. The van der Waals surface area contributed by atoms with Crippen LogP contribution in [0.1, 0.15) is 18.6 Å². The number of nitrogens with one attached hydrogen (secondary N) is 1. The first kappa shape index (κ1) is 22.5. The summed E-state index contributed by atoms with van der Waals surface area (Å²) >= 11 is 0. The van der Waals surface area contributed by atoms with Crippen LogP contribution in [0.5, 0.6) is 5.75 Å². The normalized spacial score (nSPS) is 11.4. The molecule has 0 saturated heterocycles. The van der Waals surface area contributed by atoms with Gasteiger partial charge in [-0.2, -0.15) is 0 Å². The number of carbonyl (C=O) groups excluding carboxylic acids is 1. The number of carbonyl (C=O) groups is 1. The Morgan fingerprint density at radius 2 is 1.94 bits per heavy atom. The molecular formula is C21H21FN2O6S. The van der Waals surface area contributed by atoms with E-state index in [0.29, 0.717) is 29.7 Å². The third-order valence-electron chi connectivity index (χ3n) is 4.64. The number of nitrogens with two attached hydrogens (primary N) is 1. The van der Waals surface area contributed by atoms with Crippen LogP contribution in [0.15, 0.2) is 57.8 Å². The van der Waals surface area contributed by atoms with Gasteiger partial charge in [0.05, 0.1) is 12.0 Å². The Hall–Kier alpha value is -3.21. The number of hydrogen-bond acceptors (Lipinski definition) is 6. The number of ether oxygens (including phenoxy) is 1. The molecule has 0 radical (unpaired) electrons. The molecule has 3 rings (SSSR count). The molecule has 0 aliphatic heterocycles. The third-order valence-corrected chi connectivity index (χ3v) is 5.60. The quantitative estimate of drug-likeness (QED) is 0.358. The molecule has 0 unspecified atom stereocenters. The third kappa shape index (κ3) is 5.10. The molecule has 1 aromatic heterocycles. The van der Waals surface area contributed by atoms with Crippen LogP contribution < -0.4 is 15.4 Å². The summed E-state index contributed by atoms with van der Waals surface area (Å²) in [6, 6.07) is 12.1. The van der Waals surface area contributed by atoms with Crippen molar-refractivity contribution in [2.24, 2.45) is 5.14 Å².